The lowest BCUT2D eigenvalue weighted by Gasteiger charge is -2.15. The zero-order chi connectivity index (χ0) is 22.5. The van der Waals surface area contributed by atoms with Gasteiger partial charge >= 0.3 is 5.97 Å². The van der Waals surface area contributed by atoms with Crippen molar-refractivity contribution in [3.8, 4) is 17.2 Å². The van der Waals surface area contributed by atoms with E-state index in [1.54, 1.807) is 17.0 Å². The number of hydrogen-bond donors (Lipinski definition) is 1. The Morgan fingerprint density at radius 1 is 1.16 bits per heavy atom. The van der Waals surface area contributed by atoms with Gasteiger partial charge in [-0.15, -0.1) is 0 Å². The fraction of sp³-hybridized carbons (Fsp3) is 0.200. The number of aromatic nitrogens is 2. The number of ether oxygens (including phenoxy) is 1. The van der Waals surface area contributed by atoms with Crippen molar-refractivity contribution in [2.45, 2.75) is 25.8 Å². The number of halogens is 1. The number of nitrogens with zero attached hydrogens (tertiary/aromatic N) is 2. The second kappa shape index (κ2) is 10.0. The van der Waals surface area contributed by atoms with Crippen LogP contribution in [0, 0.1) is 10.5 Å². The minimum Gasteiger partial charge on any atom is -0.492 e. The molecule has 0 aliphatic heterocycles. The molecule has 6 nitrogen and oxygen atoms in total. The predicted octanol–water partition coefficient (Wildman–Crippen LogP) is 5.55. The Labute approximate surface area is 200 Å². The third-order valence-corrected chi connectivity index (χ3v) is 6.05. The normalized spacial score (nSPS) is 11.9. The average molecular weight is 542 g/mol. The van der Waals surface area contributed by atoms with Gasteiger partial charge in [-0.3, -0.25) is 0 Å². The first-order chi connectivity index (χ1) is 15.5. The lowest BCUT2D eigenvalue weighted by atomic mass is 10.1. The van der Waals surface area contributed by atoms with Crippen molar-refractivity contribution in [2.24, 2.45) is 0 Å². The molecule has 0 aliphatic carbocycles. The summed E-state index contributed by atoms with van der Waals surface area (Å²) in [5, 5.41) is 9.59. The summed E-state index contributed by atoms with van der Waals surface area (Å²) in [4.78, 5) is 16.3. The Morgan fingerprint density at radius 2 is 1.91 bits per heavy atom. The van der Waals surface area contributed by atoms with Crippen LogP contribution in [0.1, 0.15) is 23.1 Å². The van der Waals surface area contributed by atoms with Crippen LogP contribution in [-0.4, -0.2) is 27.2 Å². The summed E-state index contributed by atoms with van der Waals surface area (Å²) in [6.45, 7) is 2.38. The van der Waals surface area contributed by atoms with Crippen LogP contribution in [0.4, 0.5) is 0 Å². The molecule has 0 spiro atoms. The molecule has 164 valence electrons. The molecule has 1 N–H and O–H groups in total. The van der Waals surface area contributed by atoms with Gasteiger partial charge in [0, 0.05) is 30.8 Å². The molecular formula is C25H23IN2O4. The van der Waals surface area contributed by atoms with Crippen LogP contribution < -0.4 is 4.74 Å². The summed E-state index contributed by atoms with van der Waals surface area (Å²) in [6.07, 6.45) is 4.59. The number of carbonyl (C=O) groups is 1. The summed E-state index contributed by atoms with van der Waals surface area (Å²) in [5.74, 6) is 1.33. The van der Waals surface area contributed by atoms with Crippen molar-refractivity contribution in [3.05, 3.63) is 93.6 Å². The molecular weight excluding hydrogens is 519 g/mol. The molecule has 0 aliphatic rings. The van der Waals surface area contributed by atoms with Gasteiger partial charge in [0.15, 0.2) is 0 Å². The summed E-state index contributed by atoms with van der Waals surface area (Å²) < 4.78 is 14.4. The van der Waals surface area contributed by atoms with Crippen LogP contribution in [0.15, 0.2) is 77.5 Å². The first-order valence-corrected chi connectivity index (χ1v) is 11.4. The van der Waals surface area contributed by atoms with Crippen LogP contribution >= 0.6 is 22.6 Å². The molecule has 0 saturated carbocycles. The van der Waals surface area contributed by atoms with E-state index < -0.39 is 12.0 Å². The number of carboxylic acid groups (broad SMARTS) is 1. The highest BCUT2D eigenvalue weighted by molar-refractivity contribution is 14.1. The number of rotatable bonds is 9. The average Bonchev–Trinajstić information content (AvgIpc) is 3.44. The Bertz CT molecular complexity index is 1190. The maximum absolute atomic E-state index is 11.7. The number of aryl methyl sites for hydroxylation is 1. The second-order valence-electron chi connectivity index (χ2n) is 7.44. The van der Waals surface area contributed by atoms with Gasteiger partial charge in [-0.25, -0.2) is 9.78 Å². The van der Waals surface area contributed by atoms with Gasteiger partial charge in [-0.2, -0.15) is 0 Å². The van der Waals surface area contributed by atoms with Crippen molar-refractivity contribution in [1.29, 1.82) is 0 Å². The molecule has 1 atom stereocenters. The van der Waals surface area contributed by atoms with E-state index in [2.05, 4.69) is 27.6 Å². The molecule has 2 aromatic heterocycles. The zero-order valence-corrected chi connectivity index (χ0v) is 19.7. The van der Waals surface area contributed by atoms with Crippen LogP contribution in [0.5, 0.6) is 5.75 Å². The van der Waals surface area contributed by atoms with E-state index in [-0.39, 0.29) is 0 Å². The molecule has 0 amide bonds. The first-order valence-electron chi connectivity index (χ1n) is 10.3. The first kappa shape index (κ1) is 22.1. The molecule has 2 heterocycles. The summed E-state index contributed by atoms with van der Waals surface area (Å²) in [5.41, 5.74) is 2.78. The van der Waals surface area contributed by atoms with E-state index >= 15 is 0 Å². The number of aliphatic carboxylic acids is 1. The van der Waals surface area contributed by atoms with Crippen LogP contribution in [0.25, 0.3) is 11.5 Å². The van der Waals surface area contributed by atoms with Crippen molar-refractivity contribution in [3.63, 3.8) is 0 Å². The smallest absolute Gasteiger partial charge is 0.327 e. The highest BCUT2D eigenvalue weighted by atomic mass is 127. The van der Waals surface area contributed by atoms with Gasteiger partial charge in [0.1, 0.15) is 17.6 Å². The molecule has 0 radical (unpaired) electrons. The molecule has 4 aromatic rings. The molecule has 0 saturated heterocycles. The molecule has 1 unspecified atom stereocenters. The standard InChI is InChI=1S/C25H23IN2O4/c1-17-21(27-24(32-17)19-7-3-2-4-8-19)11-14-31-23-10-9-18(15-20(23)26)16-22(25(29)30)28-12-5-6-13-28/h2-10,12-13,15,22H,11,14,16H2,1H3,(H,29,30). The third kappa shape index (κ3) is 5.21. The lowest BCUT2D eigenvalue weighted by Crippen LogP contribution is -2.20. The number of carboxylic acids is 1. The van der Waals surface area contributed by atoms with Crippen LogP contribution in [-0.2, 0) is 17.6 Å². The Kier molecular flexibility index (Phi) is 6.94. The summed E-state index contributed by atoms with van der Waals surface area (Å²) >= 11 is 2.22. The Morgan fingerprint density at radius 3 is 2.59 bits per heavy atom. The molecule has 2 aromatic carbocycles. The highest BCUT2D eigenvalue weighted by Crippen LogP contribution is 2.26. The fourth-order valence-electron chi connectivity index (χ4n) is 3.51. The van der Waals surface area contributed by atoms with Gasteiger partial charge in [-0.05, 0) is 71.5 Å². The van der Waals surface area contributed by atoms with E-state index in [1.807, 2.05) is 67.6 Å². The minimum absolute atomic E-state index is 0.403. The van der Waals surface area contributed by atoms with Gasteiger partial charge in [0.25, 0.3) is 0 Å². The van der Waals surface area contributed by atoms with Crippen molar-refractivity contribution in [1.82, 2.24) is 9.55 Å². The largest absolute Gasteiger partial charge is 0.492 e. The molecule has 32 heavy (non-hydrogen) atoms. The van der Waals surface area contributed by atoms with Crippen molar-refractivity contribution in [2.75, 3.05) is 6.61 Å². The van der Waals surface area contributed by atoms with Crippen molar-refractivity contribution >= 4 is 28.6 Å². The van der Waals surface area contributed by atoms with E-state index in [4.69, 9.17) is 9.15 Å². The Hall–Kier alpha value is -3.07. The van der Waals surface area contributed by atoms with Gasteiger partial charge in [0.2, 0.25) is 5.89 Å². The number of oxazole rings is 1. The molecule has 4 rings (SSSR count). The van der Waals surface area contributed by atoms with Gasteiger partial charge in [-0.1, -0.05) is 24.3 Å². The molecule has 0 fully saturated rings. The lowest BCUT2D eigenvalue weighted by molar-refractivity contribution is -0.140. The topological polar surface area (TPSA) is 77.5 Å². The quantitative estimate of drug-likeness (QED) is 0.281. The SMILES string of the molecule is Cc1oc(-c2ccccc2)nc1CCOc1ccc(CC(C(=O)O)n2cccc2)cc1I. The van der Waals surface area contributed by atoms with Crippen LogP contribution in [0.2, 0.25) is 0 Å². The number of hydrogen-bond acceptors (Lipinski definition) is 4. The Balaban J connectivity index is 1.37. The minimum atomic E-state index is -0.852. The molecule has 7 heteroatoms. The highest BCUT2D eigenvalue weighted by Gasteiger charge is 2.19. The molecule has 0 bridgehead atoms. The zero-order valence-electron chi connectivity index (χ0n) is 17.6. The summed E-state index contributed by atoms with van der Waals surface area (Å²) in [7, 11) is 0. The van der Waals surface area contributed by atoms with Crippen LogP contribution in [0.3, 0.4) is 0 Å². The summed E-state index contributed by atoms with van der Waals surface area (Å²) in [6, 6.07) is 18.6. The maximum Gasteiger partial charge on any atom is 0.327 e. The van der Waals surface area contributed by atoms with E-state index in [0.717, 1.165) is 31.9 Å². The maximum atomic E-state index is 11.7. The third-order valence-electron chi connectivity index (χ3n) is 5.21. The van der Waals surface area contributed by atoms with Gasteiger partial charge in [0.05, 0.1) is 15.9 Å². The van der Waals surface area contributed by atoms with Gasteiger partial charge < -0.3 is 18.8 Å². The van der Waals surface area contributed by atoms with E-state index in [1.165, 1.54) is 0 Å². The predicted molar refractivity (Wildman–Crippen MR) is 130 cm³/mol. The fourth-order valence-corrected chi connectivity index (χ4v) is 4.24. The monoisotopic (exact) mass is 542 g/mol. The second-order valence-corrected chi connectivity index (χ2v) is 8.60. The number of benzene rings is 2. The van der Waals surface area contributed by atoms with Crippen molar-refractivity contribution < 1.29 is 19.1 Å². The van der Waals surface area contributed by atoms with E-state index in [9.17, 15) is 9.90 Å². The van der Waals surface area contributed by atoms with E-state index in [0.29, 0.717) is 25.3 Å².